The van der Waals surface area contributed by atoms with Crippen LogP contribution >= 0.6 is 0 Å². The third-order valence-corrected chi connectivity index (χ3v) is 4.68. The highest BCUT2D eigenvalue weighted by Crippen LogP contribution is 2.32. The molecule has 5 N–H and O–H groups in total. The molecule has 0 saturated heterocycles. The molecule has 8 nitrogen and oxygen atoms in total. The highest BCUT2D eigenvalue weighted by molar-refractivity contribution is 5.94. The lowest BCUT2D eigenvalue weighted by atomic mass is 10.0. The van der Waals surface area contributed by atoms with Crippen LogP contribution in [0.2, 0.25) is 0 Å². The molecular weight excluding hydrogens is 387 g/mol. The van der Waals surface area contributed by atoms with E-state index in [9.17, 15) is 9.18 Å². The minimum atomic E-state index is -0.537. The molecule has 0 aliphatic heterocycles. The third kappa shape index (κ3) is 3.65. The fourth-order valence-electron chi connectivity index (χ4n) is 3.22. The third-order valence-electron chi connectivity index (χ3n) is 4.68. The normalized spacial score (nSPS) is 12.0. The molecule has 0 radical (unpaired) electrons. The molecule has 2 aromatic carbocycles. The summed E-state index contributed by atoms with van der Waals surface area (Å²) >= 11 is 0. The van der Waals surface area contributed by atoms with Gasteiger partial charge in [-0.1, -0.05) is 0 Å². The van der Waals surface area contributed by atoms with Gasteiger partial charge in [-0.3, -0.25) is 10.2 Å². The zero-order valence-corrected chi connectivity index (χ0v) is 16.0. The van der Waals surface area contributed by atoms with Crippen molar-refractivity contribution < 1.29 is 13.9 Å². The number of nitrogens with two attached hydrogens (primary N) is 2. The van der Waals surface area contributed by atoms with Crippen molar-refractivity contribution in [2.75, 3.05) is 5.73 Å². The number of nitrogens with one attached hydrogen (secondary N) is 1. The maximum atomic E-state index is 13.6. The van der Waals surface area contributed by atoms with Gasteiger partial charge in [-0.15, -0.1) is 0 Å². The SMILES string of the molecule is C[C@H](Oc1cc2cc(F)ccc2nc1N)c1cc(C(=O)NN)ccc1-n1cccn1. The first kappa shape index (κ1) is 19.3. The molecule has 1 atom stereocenters. The molecule has 0 bridgehead atoms. The predicted octanol–water partition coefficient (Wildman–Crippen LogP) is 2.89. The molecule has 0 aliphatic rings. The van der Waals surface area contributed by atoms with Gasteiger partial charge >= 0.3 is 0 Å². The summed E-state index contributed by atoms with van der Waals surface area (Å²) in [6.45, 7) is 1.81. The van der Waals surface area contributed by atoms with Crippen LogP contribution in [0.5, 0.6) is 5.75 Å². The van der Waals surface area contributed by atoms with Crippen LogP contribution in [0.1, 0.15) is 28.9 Å². The molecule has 2 heterocycles. The van der Waals surface area contributed by atoms with Crippen molar-refractivity contribution in [2.24, 2.45) is 5.84 Å². The van der Waals surface area contributed by atoms with Crippen LogP contribution in [0.25, 0.3) is 16.6 Å². The Morgan fingerprint density at radius 3 is 2.80 bits per heavy atom. The van der Waals surface area contributed by atoms with Gasteiger partial charge in [0, 0.05) is 28.9 Å². The van der Waals surface area contributed by atoms with Crippen molar-refractivity contribution >= 4 is 22.6 Å². The quantitative estimate of drug-likeness (QED) is 0.266. The second-order valence-corrected chi connectivity index (χ2v) is 6.67. The average molecular weight is 406 g/mol. The first-order valence-corrected chi connectivity index (χ1v) is 9.13. The molecule has 30 heavy (non-hydrogen) atoms. The van der Waals surface area contributed by atoms with Crippen LogP contribution < -0.4 is 21.7 Å². The Morgan fingerprint density at radius 1 is 1.23 bits per heavy atom. The number of nitrogen functional groups attached to an aromatic ring is 2. The Kier molecular flexibility index (Phi) is 5.03. The smallest absolute Gasteiger partial charge is 0.265 e. The summed E-state index contributed by atoms with van der Waals surface area (Å²) in [4.78, 5) is 16.3. The van der Waals surface area contributed by atoms with E-state index >= 15 is 0 Å². The Labute approximate surface area is 171 Å². The number of pyridine rings is 1. The number of aromatic nitrogens is 3. The van der Waals surface area contributed by atoms with E-state index in [0.29, 0.717) is 27.8 Å². The Balaban J connectivity index is 1.75. The van der Waals surface area contributed by atoms with E-state index in [1.165, 1.54) is 12.1 Å². The van der Waals surface area contributed by atoms with E-state index in [4.69, 9.17) is 16.3 Å². The summed E-state index contributed by atoms with van der Waals surface area (Å²) in [5, 5.41) is 4.82. The zero-order chi connectivity index (χ0) is 21.3. The van der Waals surface area contributed by atoms with Crippen molar-refractivity contribution in [2.45, 2.75) is 13.0 Å². The van der Waals surface area contributed by atoms with E-state index in [1.807, 2.05) is 6.92 Å². The van der Waals surface area contributed by atoms with Gasteiger partial charge in [0.2, 0.25) is 0 Å². The van der Waals surface area contributed by atoms with Gasteiger partial charge < -0.3 is 10.5 Å². The summed E-state index contributed by atoms with van der Waals surface area (Å²) < 4.78 is 21.3. The zero-order valence-electron chi connectivity index (χ0n) is 16.0. The van der Waals surface area contributed by atoms with Crippen LogP contribution in [0, 0.1) is 5.82 Å². The molecule has 4 rings (SSSR count). The van der Waals surface area contributed by atoms with E-state index in [1.54, 1.807) is 53.5 Å². The summed E-state index contributed by atoms with van der Waals surface area (Å²) in [6.07, 6.45) is 2.89. The summed E-state index contributed by atoms with van der Waals surface area (Å²) in [7, 11) is 0. The number of benzene rings is 2. The largest absolute Gasteiger partial charge is 0.482 e. The Morgan fingerprint density at radius 2 is 2.07 bits per heavy atom. The number of hydrogen-bond donors (Lipinski definition) is 3. The molecule has 0 unspecified atom stereocenters. The maximum absolute atomic E-state index is 13.6. The van der Waals surface area contributed by atoms with Gasteiger partial charge in [-0.2, -0.15) is 5.10 Å². The number of rotatable bonds is 5. The molecule has 1 amide bonds. The number of hydrazine groups is 1. The number of amides is 1. The first-order chi connectivity index (χ1) is 14.5. The predicted molar refractivity (Wildman–Crippen MR) is 110 cm³/mol. The minimum Gasteiger partial charge on any atom is -0.482 e. The first-order valence-electron chi connectivity index (χ1n) is 9.13. The molecule has 0 aliphatic carbocycles. The number of fused-ring (bicyclic) bond motifs is 1. The standard InChI is InChI=1S/C21H19FN6O2/c1-12(30-19-11-14-9-15(22)4-5-17(14)26-20(19)23)16-10-13(21(29)27-24)3-6-18(16)28-8-2-7-25-28/h2-12H,24H2,1H3,(H2,23,26)(H,27,29)/t12-/m0/s1. The lowest BCUT2D eigenvalue weighted by Crippen LogP contribution is -2.30. The van der Waals surface area contributed by atoms with Gasteiger partial charge in [0.1, 0.15) is 11.9 Å². The lowest BCUT2D eigenvalue weighted by Gasteiger charge is -2.20. The van der Waals surface area contributed by atoms with Crippen LogP contribution in [-0.2, 0) is 0 Å². The minimum absolute atomic E-state index is 0.178. The second-order valence-electron chi connectivity index (χ2n) is 6.67. The number of nitrogens with zero attached hydrogens (tertiary/aromatic N) is 3. The van der Waals surface area contributed by atoms with E-state index in [-0.39, 0.29) is 11.6 Å². The van der Waals surface area contributed by atoms with E-state index in [2.05, 4.69) is 15.5 Å². The number of ether oxygens (including phenoxy) is 1. The van der Waals surface area contributed by atoms with Gasteiger partial charge in [0.25, 0.3) is 5.91 Å². The van der Waals surface area contributed by atoms with Crippen molar-refractivity contribution in [3.8, 4) is 11.4 Å². The highest BCUT2D eigenvalue weighted by atomic mass is 19.1. The maximum Gasteiger partial charge on any atom is 0.265 e. The van der Waals surface area contributed by atoms with Gasteiger partial charge in [-0.25, -0.2) is 19.9 Å². The van der Waals surface area contributed by atoms with Gasteiger partial charge in [0.15, 0.2) is 11.6 Å². The van der Waals surface area contributed by atoms with Crippen molar-refractivity contribution in [1.29, 1.82) is 0 Å². The monoisotopic (exact) mass is 406 g/mol. The van der Waals surface area contributed by atoms with Gasteiger partial charge in [0.05, 0.1) is 11.2 Å². The molecule has 0 saturated carbocycles. The van der Waals surface area contributed by atoms with Gasteiger partial charge in [-0.05, 0) is 55.5 Å². The number of hydrogen-bond acceptors (Lipinski definition) is 6. The average Bonchev–Trinajstić information content (AvgIpc) is 3.28. The molecule has 9 heteroatoms. The van der Waals surface area contributed by atoms with Crippen molar-refractivity contribution in [1.82, 2.24) is 20.2 Å². The summed E-state index contributed by atoms with van der Waals surface area (Å²) in [5.41, 5.74) is 10.5. The molecule has 2 aromatic heterocycles. The van der Waals surface area contributed by atoms with Crippen molar-refractivity contribution in [3.63, 3.8) is 0 Å². The van der Waals surface area contributed by atoms with E-state index in [0.717, 1.165) is 5.69 Å². The number of anilines is 1. The number of halogens is 1. The lowest BCUT2D eigenvalue weighted by molar-refractivity contribution is 0.0953. The fourth-order valence-corrected chi connectivity index (χ4v) is 3.22. The fraction of sp³-hybridized carbons (Fsp3) is 0.0952. The molecular formula is C21H19FN6O2. The number of carbonyl (C=O) groups is 1. The van der Waals surface area contributed by atoms with Crippen LogP contribution in [0.3, 0.4) is 0 Å². The Hall–Kier alpha value is -3.98. The number of carbonyl (C=O) groups excluding carboxylic acids is 1. The molecule has 152 valence electrons. The molecule has 0 fully saturated rings. The summed E-state index contributed by atoms with van der Waals surface area (Å²) in [6, 6.07) is 12.7. The van der Waals surface area contributed by atoms with Crippen LogP contribution in [0.4, 0.5) is 10.2 Å². The Bertz CT molecular complexity index is 1230. The van der Waals surface area contributed by atoms with Crippen molar-refractivity contribution in [3.05, 3.63) is 77.9 Å². The second kappa shape index (κ2) is 7.80. The molecule has 0 spiro atoms. The summed E-state index contributed by atoms with van der Waals surface area (Å²) in [5.74, 6) is 4.94. The van der Waals surface area contributed by atoms with Crippen LogP contribution in [-0.4, -0.2) is 20.7 Å². The van der Waals surface area contributed by atoms with E-state index < -0.39 is 12.0 Å². The highest BCUT2D eigenvalue weighted by Gasteiger charge is 2.19. The topological polar surface area (TPSA) is 121 Å². The molecule has 4 aromatic rings. The van der Waals surface area contributed by atoms with Crippen LogP contribution in [0.15, 0.2) is 60.9 Å².